The molecule has 108 valence electrons. The average molecular weight is 268 g/mol. The number of likely N-dealkylation sites (tertiary alicyclic amines) is 2. The van der Waals surface area contributed by atoms with Gasteiger partial charge < -0.3 is 14.5 Å². The van der Waals surface area contributed by atoms with Crippen LogP contribution in [0.25, 0.3) is 0 Å². The minimum Gasteiger partial charge on any atom is -0.450 e. The summed E-state index contributed by atoms with van der Waals surface area (Å²) < 4.78 is 4.99. The Hall–Kier alpha value is -1.26. The zero-order valence-corrected chi connectivity index (χ0v) is 11.8. The van der Waals surface area contributed by atoms with Crippen LogP contribution in [0, 0.1) is 5.92 Å². The molecule has 0 saturated carbocycles. The van der Waals surface area contributed by atoms with Crippen LogP contribution >= 0.6 is 0 Å². The molecule has 2 aliphatic heterocycles. The van der Waals surface area contributed by atoms with Gasteiger partial charge in [-0.15, -0.1) is 0 Å². The van der Waals surface area contributed by atoms with Crippen LogP contribution in [-0.4, -0.2) is 54.6 Å². The number of carbonyl (C=O) groups is 2. The van der Waals surface area contributed by atoms with Gasteiger partial charge in [-0.05, 0) is 39.0 Å². The Bertz CT molecular complexity index is 319. The molecule has 0 radical (unpaired) electrons. The number of hydrogen-bond acceptors (Lipinski definition) is 3. The largest absolute Gasteiger partial charge is 0.450 e. The first kappa shape index (κ1) is 14.2. The molecule has 2 heterocycles. The highest BCUT2D eigenvalue weighted by molar-refractivity contribution is 5.79. The number of amides is 2. The number of rotatable bonds is 2. The van der Waals surface area contributed by atoms with E-state index in [9.17, 15) is 9.59 Å². The predicted molar refractivity (Wildman–Crippen MR) is 71.8 cm³/mol. The molecule has 19 heavy (non-hydrogen) atoms. The van der Waals surface area contributed by atoms with E-state index in [2.05, 4.69) is 0 Å². The first-order valence-electron chi connectivity index (χ1n) is 7.43. The van der Waals surface area contributed by atoms with E-state index in [-0.39, 0.29) is 12.0 Å². The molecule has 2 amide bonds. The third-order valence-corrected chi connectivity index (χ3v) is 4.04. The van der Waals surface area contributed by atoms with E-state index in [0.29, 0.717) is 25.6 Å². The van der Waals surface area contributed by atoms with E-state index in [0.717, 1.165) is 38.8 Å². The zero-order valence-electron chi connectivity index (χ0n) is 11.8. The lowest BCUT2D eigenvalue weighted by atomic mass is 9.94. The molecule has 2 rings (SSSR count). The number of nitrogens with zero attached hydrogens (tertiary/aromatic N) is 2. The van der Waals surface area contributed by atoms with Crippen molar-refractivity contribution < 1.29 is 14.3 Å². The smallest absolute Gasteiger partial charge is 0.409 e. The van der Waals surface area contributed by atoms with Crippen molar-refractivity contribution in [2.24, 2.45) is 5.92 Å². The highest BCUT2D eigenvalue weighted by Crippen LogP contribution is 2.22. The molecule has 5 nitrogen and oxygen atoms in total. The molecular formula is C14H24N2O3. The van der Waals surface area contributed by atoms with Gasteiger partial charge in [-0.25, -0.2) is 4.79 Å². The Kier molecular flexibility index (Phi) is 5.05. The molecule has 0 unspecified atom stereocenters. The van der Waals surface area contributed by atoms with Gasteiger partial charge in [-0.3, -0.25) is 4.79 Å². The predicted octanol–water partition coefficient (Wildman–Crippen LogP) is 1.87. The van der Waals surface area contributed by atoms with Crippen LogP contribution in [-0.2, 0) is 9.53 Å². The minimum absolute atomic E-state index is 0.101. The molecule has 2 aliphatic rings. The quantitative estimate of drug-likeness (QED) is 0.768. The molecule has 5 heteroatoms. The van der Waals surface area contributed by atoms with Crippen molar-refractivity contribution in [3.05, 3.63) is 0 Å². The Morgan fingerprint density at radius 1 is 1.00 bits per heavy atom. The normalized spacial score (nSPS) is 21.3. The molecule has 0 atom stereocenters. The van der Waals surface area contributed by atoms with E-state index in [4.69, 9.17) is 4.74 Å². The summed E-state index contributed by atoms with van der Waals surface area (Å²) in [6.45, 7) is 5.33. The minimum atomic E-state index is -0.244. The van der Waals surface area contributed by atoms with E-state index < -0.39 is 0 Å². The molecule has 0 spiro atoms. The van der Waals surface area contributed by atoms with Crippen LogP contribution in [0.5, 0.6) is 0 Å². The van der Waals surface area contributed by atoms with Crippen LogP contribution in [0.3, 0.4) is 0 Å². The van der Waals surface area contributed by atoms with E-state index in [1.54, 1.807) is 4.90 Å². The second-order valence-electron chi connectivity index (χ2n) is 5.35. The van der Waals surface area contributed by atoms with Gasteiger partial charge in [0, 0.05) is 32.1 Å². The lowest BCUT2D eigenvalue weighted by Crippen LogP contribution is -2.45. The number of piperidine rings is 2. The van der Waals surface area contributed by atoms with Crippen LogP contribution in [0.4, 0.5) is 4.79 Å². The molecule has 0 aromatic heterocycles. The second-order valence-corrected chi connectivity index (χ2v) is 5.35. The maximum Gasteiger partial charge on any atom is 0.409 e. The average Bonchev–Trinajstić information content (AvgIpc) is 2.48. The van der Waals surface area contributed by atoms with Gasteiger partial charge in [0.1, 0.15) is 0 Å². The molecule has 0 N–H and O–H groups in total. The van der Waals surface area contributed by atoms with Crippen molar-refractivity contribution in [1.29, 1.82) is 0 Å². The van der Waals surface area contributed by atoms with Crippen LogP contribution < -0.4 is 0 Å². The van der Waals surface area contributed by atoms with Crippen molar-refractivity contribution in [3.8, 4) is 0 Å². The molecule has 0 aliphatic carbocycles. The maximum atomic E-state index is 12.3. The molecule has 0 aromatic carbocycles. The summed E-state index contributed by atoms with van der Waals surface area (Å²) in [5, 5.41) is 0. The summed E-state index contributed by atoms with van der Waals surface area (Å²) >= 11 is 0. The van der Waals surface area contributed by atoms with Crippen molar-refractivity contribution in [3.63, 3.8) is 0 Å². The van der Waals surface area contributed by atoms with Crippen molar-refractivity contribution in [1.82, 2.24) is 9.80 Å². The first-order chi connectivity index (χ1) is 9.22. The van der Waals surface area contributed by atoms with Crippen molar-refractivity contribution in [2.75, 3.05) is 32.8 Å². The summed E-state index contributed by atoms with van der Waals surface area (Å²) in [6.07, 6.45) is 4.81. The summed E-state index contributed by atoms with van der Waals surface area (Å²) in [4.78, 5) is 27.7. The fourth-order valence-corrected chi connectivity index (χ4v) is 2.90. The van der Waals surface area contributed by atoms with Crippen molar-refractivity contribution >= 4 is 12.0 Å². The third kappa shape index (κ3) is 3.61. The van der Waals surface area contributed by atoms with E-state index in [1.165, 1.54) is 6.42 Å². The standard InChI is InChI=1S/C14H24N2O3/c1-2-19-14(18)16-10-6-12(7-11-16)13(17)15-8-4-3-5-9-15/h12H,2-11H2,1H3. The lowest BCUT2D eigenvalue weighted by Gasteiger charge is -2.35. The van der Waals surface area contributed by atoms with Crippen LogP contribution in [0.1, 0.15) is 39.0 Å². The summed E-state index contributed by atoms with van der Waals surface area (Å²) in [5.74, 6) is 0.395. The SMILES string of the molecule is CCOC(=O)N1CCC(C(=O)N2CCCCC2)CC1. The highest BCUT2D eigenvalue weighted by Gasteiger charge is 2.30. The van der Waals surface area contributed by atoms with Crippen molar-refractivity contribution in [2.45, 2.75) is 39.0 Å². The Morgan fingerprint density at radius 3 is 2.21 bits per heavy atom. The van der Waals surface area contributed by atoms with Gasteiger partial charge in [0.2, 0.25) is 5.91 Å². The number of ether oxygens (including phenoxy) is 1. The molecule has 2 saturated heterocycles. The third-order valence-electron chi connectivity index (χ3n) is 4.04. The zero-order chi connectivity index (χ0) is 13.7. The molecule has 0 bridgehead atoms. The highest BCUT2D eigenvalue weighted by atomic mass is 16.6. The van der Waals surface area contributed by atoms with Gasteiger partial charge in [0.15, 0.2) is 0 Å². The van der Waals surface area contributed by atoms with E-state index in [1.807, 2.05) is 11.8 Å². The van der Waals surface area contributed by atoms with Gasteiger partial charge in [-0.2, -0.15) is 0 Å². The first-order valence-corrected chi connectivity index (χ1v) is 7.43. The summed E-state index contributed by atoms with van der Waals surface area (Å²) in [6, 6.07) is 0. The van der Waals surface area contributed by atoms with Gasteiger partial charge >= 0.3 is 6.09 Å². The Morgan fingerprint density at radius 2 is 1.63 bits per heavy atom. The Balaban J connectivity index is 1.79. The topological polar surface area (TPSA) is 49.9 Å². The summed E-state index contributed by atoms with van der Waals surface area (Å²) in [5.41, 5.74) is 0. The van der Waals surface area contributed by atoms with E-state index >= 15 is 0 Å². The maximum absolute atomic E-state index is 12.3. The number of hydrogen-bond donors (Lipinski definition) is 0. The lowest BCUT2D eigenvalue weighted by molar-refractivity contribution is -0.137. The fourth-order valence-electron chi connectivity index (χ4n) is 2.90. The Labute approximate surface area is 114 Å². The monoisotopic (exact) mass is 268 g/mol. The fraction of sp³-hybridized carbons (Fsp3) is 0.857. The van der Waals surface area contributed by atoms with Gasteiger partial charge in [0.25, 0.3) is 0 Å². The summed E-state index contributed by atoms with van der Waals surface area (Å²) in [7, 11) is 0. The number of carbonyl (C=O) groups excluding carboxylic acids is 2. The molecule has 0 aromatic rings. The van der Waals surface area contributed by atoms with Crippen LogP contribution in [0.15, 0.2) is 0 Å². The van der Waals surface area contributed by atoms with Crippen LogP contribution in [0.2, 0.25) is 0 Å². The molecular weight excluding hydrogens is 244 g/mol. The van der Waals surface area contributed by atoms with Gasteiger partial charge in [0.05, 0.1) is 6.61 Å². The second kappa shape index (κ2) is 6.78. The van der Waals surface area contributed by atoms with Gasteiger partial charge in [-0.1, -0.05) is 0 Å². The molecule has 2 fully saturated rings.